The van der Waals surface area contributed by atoms with Gasteiger partial charge in [0.05, 0.1) is 21.5 Å². The van der Waals surface area contributed by atoms with E-state index in [1.165, 1.54) is 6.33 Å². The highest BCUT2D eigenvalue weighted by atomic mass is 127. The summed E-state index contributed by atoms with van der Waals surface area (Å²) in [6.07, 6.45) is 4.82. The summed E-state index contributed by atoms with van der Waals surface area (Å²) in [5.74, 6) is 1.82. The predicted octanol–water partition coefficient (Wildman–Crippen LogP) is 4.89. The van der Waals surface area contributed by atoms with Crippen LogP contribution in [0.5, 0.6) is 0 Å². The highest BCUT2D eigenvalue weighted by Gasteiger charge is 2.23. The fraction of sp³-hybridized carbons (Fsp3) is 0.367. The van der Waals surface area contributed by atoms with E-state index in [0.29, 0.717) is 27.5 Å². The summed E-state index contributed by atoms with van der Waals surface area (Å²) in [4.78, 5) is 28.7. The molecule has 43 heavy (non-hydrogen) atoms. The van der Waals surface area contributed by atoms with E-state index >= 15 is 0 Å². The molecule has 12 nitrogen and oxygen atoms in total. The zero-order chi connectivity index (χ0) is 30.6. The van der Waals surface area contributed by atoms with Crippen LogP contribution in [0.1, 0.15) is 41.0 Å². The first-order valence-corrected chi connectivity index (χ1v) is 15.6. The van der Waals surface area contributed by atoms with Gasteiger partial charge in [-0.25, -0.2) is 15.0 Å². The van der Waals surface area contributed by atoms with E-state index in [0.717, 1.165) is 54.5 Å². The van der Waals surface area contributed by atoms with Crippen molar-refractivity contribution >= 4 is 51.5 Å². The normalized spacial score (nSPS) is 14.5. The Balaban J connectivity index is 1.33. The number of piperazine rings is 1. The van der Waals surface area contributed by atoms with Crippen LogP contribution in [0.25, 0.3) is 5.82 Å². The van der Waals surface area contributed by atoms with Crippen molar-refractivity contribution in [3.63, 3.8) is 0 Å². The van der Waals surface area contributed by atoms with Crippen molar-refractivity contribution in [2.75, 3.05) is 53.9 Å². The molecule has 0 aliphatic carbocycles. The van der Waals surface area contributed by atoms with Gasteiger partial charge >= 0.3 is 0 Å². The van der Waals surface area contributed by atoms with Crippen molar-refractivity contribution < 1.29 is 9.53 Å². The van der Waals surface area contributed by atoms with Crippen LogP contribution in [-0.4, -0.2) is 78.4 Å². The van der Waals surface area contributed by atoms with Crippen LogP contribution in [0.15, 0.2) is 55.1 Å². The monoisotopic (exact) mass is 696 g/mol. The number of pyridine rings is 1. The number of nitrogens with zero attached hydrogens (tertiary/aromatic N) is 7. The molecular weight excluding hydrogens is 659 g/mol. The number of hydrogen-bond acceptors (Lipinski definition) is 10. The van der Waals surface area contributed by atoms with Crippen LogP contribution in [0.3, 0.4) is 0 Å². The van der Waals surface area contributed by atoms with Gasteiger partial charge < -0.3 is 25.7 Å². The first kappa shape index (κ1) is 30.8. The number of halogens is 1. The predicted molar refractivity (Wildman–Crippen MR) is 176 cm³/mol. The molecule has 0 radical (unpaired) electrons. The quantitative estimate of drug-likeness (QED) is 0.156. The second-order valence-electron chi connectivity index (χ2n) is 11.1. The Morgan fingerprint density at radius 1 is 1.05 bits per heavy atom. The lowest BCUT2D eigenvalue weighted by atomic mass is 9.98. The van der Waals surface area contributed by atoms with Gasteiger partial charge in [0.1, 0.15) is 18.0 Å². The number of anilines is 4. The summed E-state index contributed by atoms with van der Waals surface area (Å²) in [6, 6.07) is 11.4. The van der Waals surface area contributed by atoms with Crippen molar-refractivity contribution in [2.45, 2.75) is 33.3 Å². The summed E-state index contributed by atoms with van der Waals surface area (Å²) in [5, 5.41) is 13.3. The molecule has 4 aromatic rings. The summed E-state index contributed by atoms with van der Waals surface area (Å²) < 4.78 is 8.12. The maximum absolute atomic E-state index is 13.2. The molecule has 0 bridgehead atoms. The maximum Gasteiger partial charge on any atom is 0.257 e. The van der Waals surface area contributed by atoms with Crippen LogP contribution in [-0.2, 0) is 10.3 Å². The van der Waals surface area contributed by atoms with Crippen LogP contribution in [0.2, 0.25) is 0 Å². The number of hydrogen-bond donors (Lipinski definition) is 3. The standard InChI is InChI=1S/C30H37IN10O2/c1-20-6-7-24(35-29(42)22-13-23(17-32-16-22)30(3,4)43-18-31)14-25(20)36-28-12-21(2)37-41(28)27-15-26(33-19-34-27)38-40-10-8-39(5)9-11-40/h6-7,12-17,19,36H,8-11,18H2,1-5H3,(H,35,42)(H,33,34,38). The number of likely N-dealkylation sites (N-methyl/N-ethyl adjacent to an activating group) is 1. The van der Waals surface area contributed by atoms with Gasteiger partial charge in [-0.1, -0.05) is 28.7 Å². The van der Waals surface area contributed by atoms with Crippen LogP contribution < -0.4 is 16.1 Å². The fourth-order valence-corrected chi connectivity index (χ4v) is 5.43. The SMILES string of the molecule is Cc1cc(Nc2cc(NC(=O)c3cncc(C(C)(C)OCI)c3)ccc2C)n(-c2cc(NN3CCN(C)CC3)ncn2)n1. The Hall–Kier alpha value is -3.66. The average Bonchev–Trinajstić information content (AvgIpc) is 3.36. The minimum absolute atomic E-state index is 0.253. The Labute approximate surface area is 265 Å². The van der Waals surface area contributed by atoms with Gasteiger partial charge in [-0.3, -0.25) is 9.78 Å². The van der Waals surface area contributed by atoms with Gasteiger partial charge in [-0.15, -0.1) is 0 Å². The number of rotatable bonds is 10. The number of benzene rings is 1. The van der Waals surface area contributed by atoms with Crippen molar-refractivity contribution in [3.8, 4) is 5.82 Å². The van der Waals surface area contributed by atoms with E-state index in [9.17, 15) is 4.79 Å². The zero-order valence-electron chi connectivity index (χ0n) is 25.1. The van der Waals surface area contributed by atoms with E-state index in [2.05, 4.69) is 75.7 Å². The Kier molecular flexibility index (Phi) is 9.54. The third kappa shape index (κ3) is 7.65. The Morgan fingerprint density at radius 2 is 1.84 bits per heavy atom. The summed E-state index contributed by atoms with van der Waals surface area (Å²) in [7, 11) is 2.13. The second-order valence-corrected chi connectivity index (χ2v) is 11.7. The Bertz CT molecular complexity index is 1580. The van der Waals surface area contributed by atoms with Crippen molar-refractivity contribution in [3.05, 3.63) is 77.5 Å². The molecule has 1 fully saturated rings. The number of carbonyl (C=O) groups excluding carboxylic acids is 1. The molecule has 3 aromatic heterocycles. The lowest BCUT2D eigenvalue weighted by Crippen LogP contribution is -2.47. The number of aryl methyl sites for hydroxylation is 2. The van der Waals surface area contributed by atoms with Gasteiger partial charge in [-0.2, -0.15) is 9.78 Å². The lowest BCUT2D eigenvalue weighted by molar-refractivity contribution is 0.0136. The van der Waals surface area contributed by atoms with Gasteiger partial charge in [0, 0.05) is 67.6 Å². The Morgan fingerprint density at radius 3 is 2.60 bits per heavy atom. The molecule has 226 valence electrons. The molecule has 1 amide bonds. The summed E-state index contributed by atoms with van der Waals surface area (Å²) in [6.45, 7) is 11.7. The van der Waals surface area contributed by atoms with Gasteiger partial charge in [0.2, 0.25) is 0 Å². The van der Waals surface area contributed by atoms with Crippen LogP contribution in [0.4, 0.5) is 23.0 Å². The molecule has 4 heterocycles. The molecule has 1 aromatic carbocycles. The van der Waals surface area contributed by atoms with Crippen LogP contribution >= 0.6 is 22.6 Å². The third-order valence-electron chi connectivity index (χ3n) is 7.35. The molecule has 1 saturated heterocycles. The molecule has 3 N–H and O–H groups in total. The summed E-state index contributed by atoms with van der Waals surface area (Å²) >= 11 is 2.16. The molecule has 1 aliphatic rings. The van der Waals surface area contributed by atoms with E-state index in [-0.39, 0.29) is 5.91 Å². The largest absolute Gasteiger partial charge is 0.360 e. The number of hydrazine groups is 1. The van der Waals surface area contributed by atoms with Crippen LogP contribution in [0, 0.1) is 13.8 Å². The second kappa shape index (κ2) is 13.3. The topological polar surface area (TPSA) is 125 Å². The van der Waals surface area contributed by atoms with E-state index in [1.807, 2.05) is 64.1 Å². The van der Waals surface area contributed by atoms with E-state index in [4.69, 9.17) is 4.74 Å². The molecular formula is C30H37IN10O2. The summed E-state index contributed by atoms with van der Waals surface area (Å²) in [5.41, 5.74) is 7.43. The zero-order valence-corrected chi connectivity index (χ0v) is 27.2. The number of carbonyl (C=O) groups is 1. The molecule has 0 spiro atoms. The molecule has 5 rings (SSSR count). The number of ether oxygens (including phenoxy) is 1. The first-order valence-electron chi connectivity index (χ1n) is 14.0. The van der Waals surface area contributed by atoms with Gasteiger partial charge in [-0.05, 0) is 58.5 Å². The minimum Gasteiger partial charge on any atom is -0.360 e. The minimum atomic E-state index is -0.558. The van der Waals surface area contributed by atoms with Gasteiger partial charge in [0.25, 0.3) is 5.91 Å². The van der Waals surface area contributed by atoms with Crippen molar-refractivity contribution in [1.82, 2.24) is 34.6 Å². The van der Waals surface area contributed by atoms with Crippen molar-refractivity contribution in [2.24, 2.45) is 0 Å². The maximum atomic E-state index is 13.2. The number of amides is 1. The molecule has 1 aliphatic heterocycles. The van der Waals surface area contributed by atoms with Gasteiger partial charge in [0.15, 0.2) is 5.82 Å². The lowest BCUT2D eigenvalue weighted by Gasteiger charge is -2.32. The van der Waals surface area contributed by atoms with Crippen molar-refractivity contribution in [1.29, 1.82) is 0 Å². The van der Waals surface area contributed by atoms with E-state index in [1.54, 1.807) is 17.1 Å². The third-order valence-corrected chi connectivity index (χ3v) is 7.66. The van der Waals surface area contributed by atoms with E-state index < -0.39 is 5.60 Å². The molecule has 0 saturated carbocycles. The average molecular weight is 697 g/mol. The fourth-order valence-electron chi connectivity index (χ4n) is 4.66. The highest BCUT2D eigenvalue weighted by Crippen LogP contribution is 2.28. The molecule has 0 unspecified atom stereocenters. The first-order chi connectivity index (χ1) is 20.6. The molecule has 0 atom stereocenters. The smallest absolute Gasteiger partial charge is 0.257 e. The highest BCUT2D eigenvalue weighted by molar-refractivity contribution is 14.1. The molecule has 13 heteroatoms. The number of aromatic nitrogens is 5. The number of nitrogens with one attached hydrogen (secondary N) is 3. The number of alkyl halides is 1.